The average Bonchev–Trinajstić information content (AvgIpc) is 2.82. The van der Waals surface area contributed by atoms with Crippen LogP contribution in [0.5, 0.6) is 0 Å². The molecule has 0 aliphatic heterocycles. The number of Topliss-reactive ketones (excluding diaryl/α,β-unsaturated/α-hetero) is 1. The van der Waals surface area contributed by atoms with Gasteiger partial charge in [0, 0.05) is 19.1 Å². The molecule has 0 saturated carbocycles. The minimum atomic E-state index is 0. The molecule has 0 radical (unpaired) electrons. The van der Waals surface area contributed by atoms with E-state index in [0.29, 0.717) is 17.8 Å². The summed E-state index contributed by atoms with van der Waals surface area (Å²) in [5.41, 5.74) is 0. The van der Waals surface area contributed by atoms with Crippen molar-refractivity contribution in [2.24, 2.45) is 17.8 Å². The Labute approximate surface area is 342 Å². The van der Waals surface area contributed by atoms with E-state index in [0.717, 1.165) is 43.6 Å². The Morgan fingerprint density at radius 1 is 0.510 bits per heavy atom. The fourth-order valence-corrected chi connectivity index (χ4v) is 2.47. The molecule has 0 fully saturated rings. The molecule has 0 bridgehead atoms. The van der Waals surface area contributed by atoms with E-state index in [1.54, 1.807) is 14.0 Å². The molecule has 0 atom stereocenters. The molecule has 0 spiro atoms. The maximum absolute atomic E-state index is 10.6. The van der Waals surface area contributed by atoms with Gasteiger partial charge in [-0.2, -0.15) is 0 Å². The predicted molar refractivity (Wildman–Crippen MR) is 270 cm³/mol. The summed E-state index contributed by atoms with van der Waals surface area (Å²) in [6.07, 6.45) is 9.88. The third-order valence-electron chi connectivity index (χ3n) is 5.59. The number of ether oxygens (including phenoxy) is 1. The second-order valence-electron chi connectivity index (χ2n) is 10.6. The molecule has 0 aliphatic rings. The zero-order chi connectivity index (χ0) is 30.1. The molecular weight excluding hydrogens is 625 g/mol. The monoisotopic (exact) mass is 761 g/mol. The van der Waals surface area contributed by atoms with Crippen LogP contribution < -0.4 is 5.32 Å². The first kappa shape index (κ1) is 142. The summed E-state index contributed by atoms with van der Waals surface area (Å²) in [5.74, 6) is 2.41. The van der Waals surface area contributed by atoms with Crippen molar-refractivity contribution in [2.45, 2.75) is 265 Å². The summed E-state index contributed by atoms with van der Waals surface area (Å²) in [6.45, 7) is 27.7. The summed E-state index contributed by atoms with van der Waals surface area (Å²) in [7, 11) is 9.77. The number of nitrogens with one attached hydrogen (secondary N) is 1. The number of carbonyl (C=O) groups is 1. The van der Waals surface area contributed by atoms with Crippen molar-refractivity contribution >= 4 is 5.78 Å². The van der Waals surface area contributed by atoms with E-state index in [4.69, 9.17) is 4.74 Å². The molecule has 0 rings (SSSR count). The number of rotatable bonds is 11. The van der Waals surface area contributed by atoms with E-state index in [1.165, 1.54) is 25.7 Å². The quantitative estimate of drug-likeness (QED) is 0.228. The number of hydrogen-bond donors (Lipinski definition) is 1. The Balaban J connectivity index is -0.0000000106. The van der Waals surface area contributed by atoms with Crippen molar-refractivity contribution in [1.29, 1.82) is 0 Å². The highest BCUT2D eigenvalue weighted by molar-refractivity contribution is 5.78. The number of nitrogens with zero attached hydrogens (tertiary/aromatic N) is 1. The minimum absolute atomic E-state index is 0. The zero-order valence-electron chi connectivity index (χ0n) is 28.8. The first-order valence-corrected chi connectivity index (χ1v) is 15.0. The summed E-state index contributed by atoms with van der Waals surface area (Å²) < 4.78 is 5.05. The first-order chi connectivity index (χ1) is 16.7. The van der Waals surface area contributed by atoms with Gasteiger partial charge in [-0.3, -0.25) is 4.79 Å². The first-order valence-electron chi connectivity index (χ1n) is 15.0. The molecule has 0 heterocycles. The lowest BCUT2D eigenvalue weighted by Crippen LogP contribution is -2.22. The van der Waals surface area contributed by atoms with Crippen LogP contribution in [0.25, 0.3) is 0 Å². The van der Waals surface area contributed by atoms with Gasteiger partial charge in [0.15, 0.2) is 0 Å². The molecule has 0 aliphatic carbocycles. The van der Waals surface area contributed by atoms with Crippen LogP contribution in [0.1, 0.15) is 253 Å². The lowest BCUT2D eigenvalue weighted by atomic mass is 10.00. The molecule has 346 valence electrons. The fraction of sp³-hybridized carbons (Fsp3) is 0.979. The standard InChI is InChI=1S/C7H14O.C6H15N.C6H14O.C6H14.C4H10.C3H9N.15CH4/c1-4-7(5-2)6(3)8;2*1-4-6(5-2)7-3;1-4-6(3)5-2;2*1-4(2)3;;;;;;;;;;;;;;;/h7H,4-5H2,1-3H3;6-7H,4-5H2,1-3H3;6H,4-5H2,1-3H3;6H,4-5H2,1-3H3;4H,1-3H3;1-3H3;15*1H4. The second-order valence-corrected chi connectivity index (χ2v) is 10.6. The van der Waals surface area contributed by atoms with Gasteiger partial charge in [-0.1, -0.05) is 207 Å². The van der Waals surface area contributed by atoms with Crippen LogP contribution in [0.3, 0.4) is 0 Å². The van der Waals surface area contributed by atoms with Gasteiger partial charge < -0.3 is 15.0 Å². The largest absolute Gasteiger partial charge is 0.381 e. The number of ketones is 1. The van der Waals surface area contributed by atoms with Crippen molar-refractivity contribution in [3.8, 4) is 0 Å². The van der Waals surface area contributed by atoms with Gasteiger partial charge in [0.05, 0.1) is 6.10 Å². The molecule has 0 saturated heterocycles. The Morgan fingerprint density at radius 3 is 0.725 bits per heavy atom. The van der Waals surface area contributed by atoms with E-state index >= 15 is 0 Å². The van der Waals surface area contributed by atoms with Crippen molar-refractivity contribution < 1.29 is 9.53 Å². The predicted octanol–water partition coefficient (Wildman–Crippen LogP) is 19.1. The smallest absolute Gasteiger partial charge is 0.132 e. The highest BCUT2D eigenvalue weighted by Gasteiger charge is 2.06. The van der Waals surface area contributed by atoms with Gasteiger partial charge >= 0.3 is 0 Å². The van der Waals surface area contributed by atoms with Crippen LogP contribution in [0.15, 0.2) is 0 Å². The molecule has 51 heavy (non-hydrogen) atoms. The lowest BCUT2D eigenvalue weighted by Gasteiger charge is -2.08. The Hall–Kier alpha value is -0.450. The number of carbonyl (C=O) groups excluding carboxylic acids is 1. The molecule has 0 aromatic heterocycles. The molecule has 4 nitrogen and oxygen atoms in total. The van der Waals surface area contributed by atoms with E-state index in [-0.39, 0.29) is 111 Å². The van der Waals surface area contributed by atoms with Crippen LogP contribution in [0, 0.1) is 17.8 Å². The van der Waals surface area contributed by atoms with Crippen LogP contribution in [-0.4, -0.2) is 58.1 Å². The van der Waals surface area contributed by atoms with Crippen LogP contribution in [-0.2, 0) is 9.53 Å². The van der Waals surface area contributed by atoms with Gasteiger partial charge in [0.1, 0.15) is 5.78 Å². The van der Waals surface area contributed by atoms with Crippen molar-refractivity contribution in [2.75, 3.05) is 35.3 Å². The van der Waals surface area contributed by atoms with Gasteiger partial charge in [-0.25, -0.2) is 0 Å². The maximum atomic E-state index is 10.6. The molecule has 1 N–H and O–H groups in total. The van der Waals surface area contributed by atoms with Crippen molar-refractivity contribution in [3.63, 3.8) is 0 Å². The normalized spacial score (nSPS) is 6.98. The Kier molecular flexibility index (Phi) is 349. The molecule has 0 aromatic carbocycles. The third-order valence-corrected chi connectivity index (χ3v) is 5.59. The van der Waals surface area contributed by atoms with Crippen LogP contribution in [0.2, 0.25) is 0 Å². The van der Waals surface area contributed by atoms with E-state index < -0.39 is 0 Å². The summed E-state index contributed by atoms with van der Waals surface area (Å²) >= 11 is 0. The zero-order valence-corrected chi connectivity index (χ0v) is 28.8. The fourth-order valence-electron chi connectivity index (χ4n) is 2.47. The number of methoxy groups -OCH3 is 1. The molecular formula is C47H136N2O2. The highest BCUT2D eigenvalue weighted by Crippen LogP contribution is 2.07. The minimum Gasteiger partial charge on any atom is -0.381 e. The van der Waals surface area contributed by atoms with Crippen LogP contribution in [0.4, 0.5) is 0 Å². The van der Waals surface area contributed by atoms with E-state index in [1.807, 2.05) is 33.1 Å². The summed E-state index contributed by atoms with van der Waals surface area (Å²) in [5, 5.41) is 3.20. The topological polar surface area (TPSA) is 41.6 Å². The van der Waals surface area contributed by atoms with Gasteiger partial charge in [-0.05, 0) is 85.5 Å². The SMILES string of the molecule is C.C.C.C.C.C.C.C.C.C.C.C.C.C.C.CC(C)C.CCC(C)CC.CCC(CC)C(C)=O.CCC(CC)NC.CCC(CC)OC.CN(C)C. The highest BCUT2D eigenvalue weighted by atomic mass is 16.5. The summed E-state index contributed by atoms with van der Waals surface area (Å²) in [4.78, 5) is 12.6. The molecule has 4 heteroatoms. The lowest BCUT2D eigenvalue weighted by molar-refractivity contribution is -0.120. The Morgan fingerprint density at radius 2 is 0.725 bits per heavy atom. The van der Waals surface area contributed by atoms with Crippen molar-refractivity contribution in [1.82, 2.24) is 10.2 Å². The Bertz CT molecular complexity index is 312. The molecule has 0 aromatic rings. The van der Waals surface area contributed by atoms with E-state index in [9.17, 15) is 4.79 Å². The number of hydrogen-bond acceptors (Lipinski definition) is 4. The third kappa shape index (κ3) is 202. The van der Waals surface area contributed by atoms with E-state index in [2.05, 4.69) is 88.4 Å². The molecule has 0 amide bonds. The van der Waals surface area contributed by atoms with Gasteiger partial charge in [-0.15, -0.1) is 0 Å². The summed E-state index contributed by atoms with van der Waals surface area (Å²) in [6, 6.07) is 0.736. The van der Waals surface area contributed by atoms with Crippen LogP contribution >= 0.6 is 0 Å². The average molecular weight is 762 g/mol. The van der Waals surface area contributed by atoms with Gasteiger partial charge in [0.25, 0.3) is 0 Å². The molecule has 0 unspecified atom stereocenters. The van der Waals surface area contributed by atoms with Crippen molar-refractivity contribution in [3.05, 3.63) is 0 Å². The second kappa shape index (κ2) is 125. The maximum Gasteiger partial charge on any atom is 0.132 e. The van der Waals surface area contributed by atoms with Gasteiger partial charge in [0.2, 0.25) is 0 Å².